The van der Waals surface area contributed by atoms with Crippen LogP contribution >= 0.6 is 23.0 Å². The van der Waals surface area contributed by atoms with Crippen LogP contribution in [0, 0.1) is 5.92 Å². The zero-order chi connectivity index (χ0) is 27.4. The molecule has 2 aliphatic heterocycles. The number of aromatic nitrogens is 2. The summed E-state index contributed by atoms with van der Waals surface area (Å²) in [6.45, 7) is 6.27. The van der Waals surface area contributed by atoms with Gasteiger partial charge < -0.3 is 13.1 Å². The zero-order valence-electron chi connectivity index (χ0n) is 23.0. The van der Waals surface area contributed by atoms with Crippen molar-refractivity contribution in [2.24, 2.45) is 5.92 Å². The molecule has 0 spiro atoms. The number of hydrogen-bond acceptors (Lipinski definition) is 7. The van der Waals surface area contributed by atoms with Crippen LogP contribution in [0.2, 0.25) is 0 Å². The molecule has 2 aromatic heterocycles. The molecule has 1 saturated heterocycles. The van der Waals surface area contributed by atoms with Crippen molar-refractivity contribution < 1.29 is 17.0 Å². The van der Waals surface area contributed by atoms with Crippen LogP contribution in [0.25, 0.3) is 0 Å². The van der Waals surface area contributed by atoms with Crippen LogP contribution in [0.3, 0.4) is 0 Å². The fourth-order valence-corrected chi connectivity index (χ4v) is 6.29. The van der Waals surface area contributed by atoms with Gasteiger partial charge in [-0.05, 0) is 77.8 Å². The number of nitrogens with one attached hydrogen (secondary N) is 1. The van der Waals surface area contributed by atoms with Crippen LogP contribution in [0.5, 0.6) is 5.75 Å². The minimum Gasteiger partial charge on any atom is -0.491 e. The van der Waals surface area contributed by atoms with Gasteiger partial charge in [-0.3, -0.25) is 9.88 Å². The second kappa shape index (κ2) is 13.1. The van der Waals surface area contributed by atoms with Gasteiger partial charge in [0.05, 0.1) is 6.10 Å². The molecule has 3 aliphatic rings. The lowest BCUT2D eigenvalue weighted by Gasteiger charge is -2.27. The number of pyridine rings is 2. The SMILES string of the molecule is CC(C)Oc1cc(CCCCC(F)[C@@H]2CCN(C(C(=O)OI)c3cccnc3C3CC3)C2)nc2c1CCCN2. The molecule has 7 nitrogen and oxygen atoms in total. The van der Waals surface area contributed by atoms with Gasteiger partial charge in [-0.25, -0.2) is 14.2 Å². The Labute approximate surface area is 245 Å². The maximum Gasteiger partial charge on any atom is 0.337 e. The van der Waals surface area contributed by atoms with E-state index in [2.05, 4.69) is 21.3 Å². The monoisotopic (exact) mass is 650 g/mol. The third kappa shape index (κ3) is 7.01. The van der Waals surface area contributed by atoms with Crippen molar-refractivity contribution in [1.82, 2.24) is 14.9 Å². The number of likely N-dealkylation sites (tertiary alicyclic amines) is 1. The van der Waals surface area contributed by atoms with Gasteiger partial charge in [-0.15, -0.1) is 0 Å². The van der Waals surface area contributed by atoms with Gasteiger partial charge in [0, 0.05) is 59.7 Å². The Morgan fingerprint density at radius 2 is 2.13 bits per heavy atom. The van der Waals surface area contributed by atoms with Crippen LogP contribution in [0.15, 0.2) is 24.4 Å². The Morgan fingerprint density at radius 3 is 2.90 bits per heavy atom. The molecule has 2 aromatic rings. The standard InChI is InChI=1S/C30H40FIN4O3/c1-19(2)38-26-17-22(35-29-23(26)8-5-15-34-29)7-3-4-10-25(31)21-13-16-36(18-21)28(30(37)39-32)24-9-6-14-33-27(24)20-11-12-20/h6,9,14,17,19-21,25,28H,3-5,7-8,10-13,15-16,18H2,1-2H3,(H,34,35)/t21-,25?,28?/m1/s1. The van der Waals surface area contributed by atoms with Crippen molar-refractivity contribution in [3.8, 4) is 5.75 Å². The van der Waals surface area contributed by atoms with Crippen molar-refractivity contribution in [3.05, 3.63) is 46.9 Å². The summed E-state index contributed by atoms with van der Waals surface area (Å²) in [6, 6.07) is 5.43. The number of nitrogens with zero attached hydrogens (tertiary/aromatic N) is 3. The summed E-state index contributed by atoms with van der Waals surface area (Å²) < 4.78 is 26.7. The van der Waals surface area contributed by atoms with Crippen LogP contribution < -0.4 is 10.1 Å². The molecule has 2 fully saturated rings. The van der Waals surface area contributed by atoms with Crippen LogP contribution in [0.1, 0.15) is 93.3 Å². The molecule has 0 radical (unpaired) electrons. The Kier molecular flexibility index (Phi) is 9.58. The molecule has 0 aromatic carbocycles. The second-order valence-electron chi connectivity index (χ2n) is 11.5. The summed E-state index contributed by atoms with van der Waals surface area (Å²) in [5, 5.41) is 3.42. The van der Waals surface area contributed by atoms with Crippen LogP contribution in [0.4, 0.5) is 10.2 Å². The van der Waals surface area contributed by atoms with Crippen molar-refractivity contribution in [1.29, 1.82) is 0 Å². The van der Waals surface area contributed by atoms with E-state index < -0.39 is 12.2 Å². The number of aryl methyl sites for hydroxylation is 1. The Morgan fingerprint density at radius 1 is 1.28 bits per heavy atom. The van der Waals surface area contributed by atoms with E-state index >= 15 is 4.39 Å². The third-order valence-electron chi connectivity index (χ3n) is 8.12. The predicted molar refractivity (Wildman–Crippen MR) is 158 cm³/mol. The van der Waals surface area contributed by atoms with Crippen LogP contribution in [-0.2, 0) is 20.7 Å². The number of carbonyl (C=O) groups excluding carboxylic acids is 1. The van der Waals surface area contributed by atoms with E-state index in [1.54, 1.807) is 29.2 Å². The first-order chi connectivity index (χ1) is 18.9. The first-order valence-electron chi connectivity index (χ1n) is 14.5. The minimum atomic E-state index is -0.888. The van der Waals surface area contributed by atoms with E-state index in [0.29, 0.717) is 25.4 Å². The fourth-order valence-electron chi connectivity index (χ4n) is 6.05. The summed E-state index contributed by atoms with van der Waals surface area (Å²) in [7, 11) is 0. The molecule has 3 atom stereocenters. The molecular weight excluding hydrogens is 610 g/mol. The van der Waals surface area contributed by atoms with Gasteiger partial charge in [0.1, 0.15) is 23.8 Å². The minimum absolute atomic E-state index is 0.0762. The third-order valence-corrected chi connectivity index (χ3v) is 8.55. The van der Waals surface area contributed by atoms with Gasteiger partial charge in [-0.2, -0.15) is 0 Å². The lowest BCUT2D eigenvalue weighted by atomic mass is 9.97. The molecule has 1 saturated carbocycles. The fraction of sp³-hybridized carbons (Fsp3) is 0.633. The van der Waals surface area contributed by atoms with Gasteiger partial charge in [0.2, 0.25) is 0 Å². The molecule has 5 rings (SSSR count). The molecule has 0 amide bonds. The molecule has 39 heavy (non-hydrogen) atoms. The van der Waals surface area contributed by atoms with E-state index in [1.165, 1.54) is 5.56 Å². The Hall–Kier alpha value is -2.01. The molecule has 1 aliphatic carbocycles. The normalized spacial score (nSPS) is 20.8. The summed E-state index contributed by atoms with van der Waals surface area (Å²) in [5.74, 6) is 1.93. The van der Waals surface area contributed by atoms with Crippen molar-refractivity contribution in [2.45, 2.75) is 95.9 Å². The maximum absolute atomic E-state index is 15.4. The molecule has 2 unspecified atom stereocenters. The number of halogens is 2. The van der Waals surface area contributed by atoms with Gasteiger partial charge in [-0.1, -0.05) is 12.5 Å². The molecule has 1 N–H and O–H groups in total. The summed E-state index contributed by atoms with van der Waals surface area (Å²) in [4.78, 5) is 24.4. The highest BCUT2D eigenvalue weighted by Gasteiger charge is 2.40. The average molecular weight is 651 g/mol. The highest BCUT2D eigenvalue weighted by atomic mass is 127. The predicted octanol–water partition coefficient (Wildman–Crippen LogP) is 6.51. The second-order valence-corrected chi connectivity index (χ2v) is 11.9. The van der Waals surface area contributed by atoms with E-state index in [1.807, 2.05) is 26.0 Å². The topological polar surface area (TPSA) is 76.6 Å². The Balaban J connectivity index is 1.15. The number of alkyl halides is 1. The number of hydrogen-bond donors (Lipinski definition) is 1. The lowest BCUT2D eigenvalue weighted by Crippen LogP contribution is -2.34. The number of unbranched alkanes of at least 4 members (excludes halogenated alkanes) is 1. The Bertz CT molecular complexity index is 1150. The molecule has 9 heteroatoms. The van der Waals surface area contributed by atoms with Crippen molar-refractivity contribution in [3.63, 3.8) is 0 Å². The van der Waals surface area contributed by atoms with Crippen molar-refractivity contribution >= 4 is 34.8 Å². The number of ether oxygens (including phenoxy) is 1. The van der Waals surface area contributed by atoms with E-state index in [4.69, 9.17) is 12.8 Å². The van der Waals surface area contributed by atoms with E-state index in [9.17, 15) is 4.79 Å². The lowest BCUT2D eigenvalue weighted by molar-refractivity contribution is -0.137. The number of rotatable bonds is 12. The maximum atomic E-state index is 15.4. The van der Waals surface area contributed by atoms with Crippen LogP contribution in [-0.4, -0.2) is 52.7 Å². The largest absolute Gasteiger partial charge is 0.491 e. The summed E-state index contributed by atoms with van der Waals surface area (Å²) in [6.07, 6.45) is 9.07. The summed E-state index contributed by atoms with van der Waals surface area (Å²) in [5.41, 5.74) is 4.10. The number of anilines is 1. The van der Waals surface area contributed by atoms with Gasteiger partial charge >= 0.3 is 5.97 Å². The molecule has 4 heterocycles. The van der Waals surface area contributed by atoms with Gasteiger partial charge in [0.25, 0.3) is 0 Å². The van der Waals surface area contributed by atoms with Crippen molar-refractivity contribution in [2.75, 3.05) is 25.0 Å². The van der Waals surface area contributed by atoms with E-state index in [0.717, 1.165) is 86.4 Å². The smallest absolute Gasteiger partial charge is 0.337 e. The average Bonchev–Trinajstić information content (AvgIpc) is 3.67. The first kappa shape index (κ1) is 28.5. The quantitative estimate of drug-likeness (QED) is 0.208. The highest BCUT2D eigenvalue weighted by molar-refractivity contribution is 14.1. The zero-order valence-corrected chi connectivity index (χ0v) is 25.2. The number of carbonyl (C=O) groups is 1. The highest BCUT2D eigenvalue weighted by Crippen LogP contribution is 2.44. The summed E-state index contributed by atoms with van der Waals surface area (Å²) >= 11 is 1.66. The molecule has 212 valence electrons. The molecule has 0 bridgehead atoms. The van der Waals surface area contributed by atoms with E-state index in [-0.39, 0.29) is 18.0 Å². The first-order valence-corrected chi connectivity index (χ1v) is 15.4. The molecular formula is C30H40FIN4O3. The number of fused-ring (bicyclic) bond motifs is 1. The van der Waals surface area contributed by atoms with Gasteiger partial charge in [0.15, 0.2) is 23.0 Å².